The Morgan fingerprint density at radius 3 is 2.55 bits per heavy atom. The van der Waals surface area contributed by atoms with Gasteiger partial charge in [-0.1, -0.05) is 36.4 Å². The zero-order valence-electron chi connectivity index (χ0n) is 6.53. The molecule has 0 amide bonds. The van der Waals surface area contributed by atoms with Crippen LogP contribution in [0.2, 0.25) is 0 Å². The van der Waals surface area contributed by atoms with Crippen molar-refractivity contribution in [1.29, 1.82) is 0 Å². The number of rotatable bonds is 3. The molecule has 0 heterocycles. The zero-order valence-corrected chi connectivity index (χ0v) is 6.53. The molecule has 0 aliphatic heterocycles. The van der Waals surface area contributed by atoms with Gasteiger partial charge in [0.2, 0.25) is 0 Å². The molecule has 0 fully saturated rings. The van der Waals surface area contributed by atoms with Crippen LogP contribution in [0.4, 0.5) is 0 Å². The van der Waals surface area contributed by atoms with Gasteiger partial charge in [0, 0.05) is 6.04 Å². The lowest BCUT2D eigenvalue weighted by atomic mass is 10.1. The molecule has 1 aromatic rings. The highest BCUT2D eigenvalue weighted by Gasteiger charge is 1.96. The van der Waals surface area contributed by atoms with Gasteiger partial charge < -0.3 is 5.73 Å². The van der Waals surface area contributed by atoms with Gasteiger partial charge in [-0.05, 0) is 12.0 Å². The van der Waals surface area contributed by atoms with Gasteiger partial charge >= 0.3 is 0 Å². The van der Waals surface area contributed by atoms with Crippen molar-refractivity contribution in [2.45, 2.75) is 12.5 Å². The molecule has 58 valence electrons. The number of nitrogens with two attached hydrogens (primary N) is 1. The highest BCUT2D eigenvalue weighted by atomic mass is 14.6. The van der Waals surface area contributed by atoms with Gasteiger partial charge in [0.15, 0.2) is 0 Å². The van der Waals surface area contributed by atoms with Crippen LogP contribution in [0.15, 0.2) is 43.0 Å². The molecule has 2 N–H and O–H groups in total. The lowest BCUT2D eigenvalue weighted by molar-refractivity contribution is 0.812. The Balaban J connectivity index is 2.57. The average molecular weight is 147 g/mol. The minimum atomic E-state index is 0.0809. The molecule has 0 radical (unpaired) electrons. The topological polar surface area (TPSA) is 26.0 Å². The third-order valence-corrected chi connectivity index (χ3v) is 1.62. The predicted molar refractivity (Wildman–Crippen MR) is 48.3 cm³/mol. The standard InChI is InChI=1S/C10H13N/c1-2-10(11)8-9-6-4-3-5-7-9/h2-7,10H,1,8,11H2/t10-/m0/s1. The SMILES string of the molecule is C=C[C@H](N)Cc1ccccc1. The minimum absolute atomic E-state index is 0.0809. The third kappa shape index (κ3) is 2.56. The molecule has 0 bridgehead atoms. The Bertz CT molecular complexity index is 216. The van der Waals surface area contributed by atoms with E-state index in [4.69, 9.17) is 5.73 Å². The van der Waals surface area contributed by atoms with E-state index in [2.05, 4.69) is 18.7 Å². The van der Waals surface area contributed by atoms with Crippen molar-refractivity contribution >= 4 is 0 Å². The molecular formula is C10H13N. The Morgan fingerprint density at radius 2 is 2.00 bits per heavy atom. The first kappa shape index (κ1) is 8.02. The summed E-state index contributed by atoms with van der Waals surface area (Å²) in [6, 6.07) is 10.3. The Kier molecular flexibility index (Phi) is 2.87. The highest BCUT2D eigenvalue weighted by molar-refractivity contribution is 5.16. The Hall–Kier alpha value is -1.08. The molecule has 11 heavy (non-hydrogen) atoms. The molecule has 1 heteroatoms. The van der Waals surface area contributed by atoms with Crippen molar-refractivity contribution < 1.29 is 0 Å². The molecule has 0 aromatic heterocycles. The van der Waals surface area contributed by atoms with Crippen LogP contribution in [-0.4, -0.2) is 6.04 Å². The molecule has 0 spiro atoms. The zero-order chi connectivity index (χ0) is 8.10. The maximum atomic E-state index is 5.69. The molecular weight excluding hydrogens is 134 g/mol. The molecule has 0 saturated carbocycles. The first-order valence-corrected chi connectivity index (χ1v) is 3.75. The summed E-state index contributed by atoms with van der Waals surface area (Å²) in [5.74, 6) is 0. The second-order valence-electron chi connectivity index (χ2n) is 2.59. The molecule has 1 rings (SSSR count). The molecule has 0 saturated heterocycles. The van der Waals surface area contributed by atoms with E-state index < -0.39 is 0 Å². The van der Waals surface area contributed by atoms with Crippen molar-refractivity contribution in [3.8, 4) is 0 Å². The lowest BCUT2D eigenvalue weighted by Crippen LogP contribution is -2.19. The quantitative estimate of drug-likeness (QED) is 0.647. The summed E-state index contributed by atoms with van der Waals surface area (Å²) in [7, 11) is 0. The van der Waals surface area contributed by atoms with E-state index in [0.717, 1.165) is 6.42 Å². The summed E-state index contributed by atoms with van der Waals surface area (Å²) in [6.07, 6.45) is 2.65. The van der Waals surface area contributed by atoms with E-state index in [1.165, 1.54) is 5.56 Å². The number of hydrogen-bond acceptors (Lipinski definition) is 1. The second-order valence-corrected chi connectivity index (χ2v) is 2.59. The fourth-order valence-corrected chi connectivity index (χ4v) is 0.970. The Labute approximate surface area is 67.5 Å². The van der Waals surface area contributed by atoms with Gasteiger partial charge in [-0.25, -0.2) is 0 Å². The smallest absolute Gasteiger partial charge is 0.0262 e. The molecule has 0 aliphatic carbocycles. The van der Waals surface area contributed by atoms with Crippen molar-refractivity contribution in [1.82, 2.24) is 0 Å². The van der Waals surface area contributed by atoms with Crippen LogP contribution >= 0.6 is 0 Å². The summed E-state index contributed by atoms with van der Waals surface area (Å²) in [4.78, 5) is 0. The lowest BCUT2D eigenvalue weighted by Gasteiger charge is -2.04. The normalized spacial score (nSPS) is 12.5. The summed E-state index contributed by atoms with van der Waals surface area (Å²) in [6.45, 7) is 3.63. The van der Waals surface area contributed by atoms with Crippen LogP contribution in [0.3, 0.4) is 0 Å². The largest absolute Gasteiger partial charge is 0.324 e. The molecule has 0 aliphatic rings. The average Bonchev–Trinajstić information content (AvgIpc) is 2.06. The van der Waals surface area contributed by atoms with Gasteiger partial charge in [0.25, 0.3) is 0 Å². The van der Waals surface area contributed by atoms with Crippen molar-refractivity contribution in [3.63, 3.8) is 0 Å². The van der Waals surface area contributed by atoms with E-state index in [1.807, 2.05) is 18.2 Å². The van der Waals surface area contributed by atoms with Crippen LogP contribution in [-0.2, 0) is 6.42 Å². The van der Waals surface area contributed by atoms with Crippen LogP contribution in [0.5, 0.6) is 0 Å². The predicted octanol–water partition coefficient (Wildman–Crippen LogP) is 1.74. The molecule has 1 nitrogen and oxygen atoms in total. The summed E-state index contributed by atoms with van der Waals surface area (Å²) in [5, 5.41) is 0. The van der Waals surface area contributed by atoms with Gasteiger partial charge in [0.05, 0.1) is 0 Å². The Morgan fingerprint density at radius 1 is 1.36 bits per heavy atom. The third-order valence-electron chi connectivity index (χ3n) is 1.62. The van der Waals surface area contributed by atoms with Crippen LogP contribution in [0.25, 0.3) is 0 Å². The van der Waals surface area contributed by atoms with Gasteiger partial charge in [0.1, 0.15) is 0 Å². The van der Waals surface area contributed by atoms with Gasteiger partial charge in [-0.3, -0.25) is 0 Å². The number of hydrogen-bond donors (Lipinski definition) is 1. The summed E-state index contributed by atoms with van der Waals surface area (Å²) >= 11 is 0. The monoisotopic (exact) mass is 147 g/mol. The molecule has 1 aromatic carbocycles. The first-order valence-electron chi connectivity index (χ1n) is 3.75. The van der Waals surface area contributed by atoms with Crippen molar-refractivity contribution in [2.75, 3.05) is 0 Å². The van der Waals surface area contributed by atoms with E-state index in [1.54, 1.807) is 6.08 Å². The minimum Gasteiger partial charge on any atom is -0.324 e. The summed E-state index contributed by atoms with van der Waals surface area (Å²) < 4.78 is 0. The maximum Gasteiger partial charge on any atom is 0.0262 e. The van der Waals surface area contributed by atoms with Crippen LogP contribution in [0, 0.1) is 0 Å². The van der Waals surface area contributed by atoms with Crippen LogP contribution < -0.4 is 5.73 Å². The fourth-order valence-electron chi connectivity index (χ4n) is 0.970. The van der Waals surface area contributed by atoms with Crippen LogP contribution in [0.1, 0.15) is 5.56 Å². The van der Waals surface area contributed by atoms with E-state index in [0.29, 0.717) is 0 Å². The van der Waals surface area contributed by atoms with Gasteiger partial charge in [-0.2, -0.15) is 0 Å². The van der Waals surface area contributed by atoms with Crippen molar-refractivity contribution in [3.05, 3.63) is 48.6 Å². The van der Waals surface area contributed by atoms with E-state index in [-0.39, 0.29) is 6.04 Å². The first-order chi connectivity index (χ1) is 5.33. The summed E-state index contributed by atoms with van der Waals surface area (Å²) in [5.41, 5.74) is 6.95. The van der Waals surface area contributed by atoms with Crippen molar-refractivity contribution in [2.24, 2.45) is 5.73 Å². The maximum absolute atomic E-state index is 5.69. The molecule has 1 atom stereocenters. The van der Waals surface area contributed by atoms with E-state index in [9.17, 15) is 0 Å². The molecule has 0 unspecified atom stereocenters. The van der Waals surface area contributed by atoms with Gasteiger partial charge in [-0.15, -0.1) is 6.58 Å². The van der Waals surface area contributed by atoms with E-state index >= 15 is 0 Å². The number of benzene rings is 1. The highest BCUT2D eigenvalue weighted by Crippen LogP contribution is 2.01. The fraction of sp³-hybridized carbons (Fsp3) is 0.200. The second kappa shape index (κ2) is 3.94.